The number of carboxylic acids is 1. The van der Waals surface area contributed by atoms with E-state index >= 15 is 0 Å². The summed E-state index contributed by atoms with van der Waals surface area (Å²) in [7, 11) is -1.15. The normalized spacial score (nSPS) is 16.3. The molecule has 0 saturated carbocycles. The van der Waals surface area contributed by atoms with Gasteiger partial charge >= 0.3 is 5.97 Å². The minimum atomic E-state index is -1.15. The summed E-state index contributed by atoms with van der Waals surface area (Å²) in [6.07, 6.45) is 4.59. The van der Waals surface area contributed by atoms with Crippen LogP contribution in [0.15, 0.2) is 29.3 Å². The minimum absolute atomic E-state index is 0.166. The van der Waals surface area contributed by atoms with Gasteiger partial charge in [0.1, 0.15) is 0 Å². The number of benzene rings is 1. The lowest BCUT2D eigenvalue weighted by molar-refractivity contribution is -0.110. The van der Waals surface area contributed by atoms with Gasteiger partial charge < -0.3 is 15.4 Å². The Morgan fingerprint density at radius 1 is 1.35 bits per heavy atom. The van der Waals surface area contributed by atoms with Gasteiger partial charge in [-0.15, -0.1) is 0 Å². The first-order valence-electron chi connectivity index (χ1n) is 6.80. The molecule has 0 spiro atoms. The molecule has 1 amide bonds. The molecule has 3 rings (SSSR count). The molecule has 0 radical (unpaired) electrons. The second-order valence-electron chi connectivity index (χ2n) is 5.22. The van der Waals surface area contributed by atoms with Crippen molar-refractivity contribution in [2.75, 3.05) is 11.6 Å². The Labute approximate surface area is 134 Å². The lowest BCUT2D eigenvalue weighted by Gasteiger charge is -2.02. The minimum Gasteiger partial charge on any atom is -0.478 e. The van der Waals surface area contributed by atoms with Crippen LogP contribution in [0.25, 0.3) is 11.6 Å². The molecular weight excluding hydrogens is 316 g/mol. The van der Waals surface area contributed by atoms with Gasteiger partial charge in [-0.05, 0) is 36.8 Å². The third-order valence-corrected chi connectivity index (χ3v) is 4.72. The summed E-state index contributed by atoms with van der Waals surface area (Å²) in [5.74, 6) is -1.30. The number of amides is 1. The zero-order chi connectivity index (χ0) is 16.7. The molecule has 1 unspecified atom stereocenters. The maximum atomic E-state index is 12.2. The van der Waals surface area contributed by atoms with E-state index in [-0.39, 0.29) is 11.5 Å². The topological polar surface area (TPSA) is 99.3 Å². The summed E-state index contributed by atoms with van der Waals surface area (Å²) < 4.78 is 11.6. The first-order chi connectivity index (χ1) is 10.9. The number of fused-ring (bicyclic) bond motifs is 1. The summed E-state index contributed by atoms with van der Waals surface area (Å²) in [5.41, 5.74) is 3.00. The van der Waals surface area contributed by atoms with Crippen molar-refractivity contribution in [3.63, 3.8) is 0 Å². The van der Waals surface area contributed by atoms with E-state index in [1.165, 1.54) is 6.20 Å². The van der Waals surface area contributed by atoms with Crippen LogP contribution in [0, 0.1) is 6.92 Å². The molecule has 2 aromatic rings. The number of hydrogen-bond donors (Lipinski definition) is 3. The van der Waals surface area contributed by atoms with E-state index in [1.54, 1.807) is 37.5 Å². The third kappa shape index (κ3) is 2.59. The Kier molecular flexibility index (Phi) is 3.65. The maximum absolute atomic E-state index is 12.2. The predicted octanol–water partition coefficient (Wildman–Crippen LogP) is 2.25. The fraction of sp³-hybridized carbons (Fsp3) is 0.125. The number of nitrogens with one attached hydrogen (secondary N) is 2. The Morgan fingerprint density at radius 3 is 2.70 bits per heavy atom. The Morgan fingerprint density at radius 2 is 2.09 bits per heavy atom. The number of aromatic carboxylic acids is 1. The van der Waals surface area contributed by atoms with Crippen LogP contribution >= 0.6 is 0 Å². The first kappa shape index (κ1) is 15.2. The summed E-state index contributed by atoms with van der Waals surface area (Å²) in [5, 5.41) is 11.8. The van der Waals surface area contributed by atoms with Crippen molar-refractivity contribution in [1.82, 2.24) is 4.98 Å². The molecule has 7 heteroatoms. The standard InChI is InChI=1S/C16H14N2O4S/c1-8-12(16(20)21)7-17-14(8)6-11-10-5-9(23(2)22)3-4-13(10)18-15(11)19/h3-7,17H,1-2H3,(H,18,19)(H,20,21)/b11-6-. The zero-order valence-electron chi connectivity index (χ0n) is 12.5. The quantitative estimate of drug-likeness (QED) is 0.752. The van der Waals surface area contributed by atoms with Crippen LogP contribution in [-0.4, -0.2) is 32.4 Å². The largest absolute Gasteiger partial charge is 0.478 e. The summed E-state index contributed by atoms with van der Waals surface area (Å²) >= 11 is 0. The van der Waals surface area contributed by atoms with Gasteiger partial charge in [0.15, 0.2) is 0 Å². The van der Waals surface area contributed by atoms with E-state index in [1.807, 2.05) is 0 Å². The second kappa shape index (κ2) is 5.51. The van der Waals surface area contributed by atoms with Crippen molar-refractivity contribution in [2.24, 2.45) is 0 Å². The lowest BCUT2D eigenvalue weighted by Crippen LogP contribution is -2.03. The average Bonchev–Trinajstić information content (AvgIpc) is 3.00. The van der Waals surface area contributed by atoms with Crippen molar-refractivity contribution >= 4 is 40.0 Å². The third-order valence-electron chi connectivity index (χ3n) is 3.81. The highest BCUT2D eigenvalue weighted by atomic mass is 32.2. The molecule has 1 aliphatic heterocycles. The highest BCUT2D eigenvalue weighted by molar-refractivity contribution is 7.84. The van der Waals surface area contributed by atoms with E-state index in [4.69, 9.17) is 5.11 Å². The molecular formula is C16H14N2O4S. The molecule has 1 atom stereocenters. The molecule has 0 bridgehead atoms. The van der Waals surface area contributed by atoms with Crippen LogP contribution in [0.1, 0.15) is 27.2 Å². The van der Waals surface area contributed by atoms with Gasteiger partial charge in [0.05, 0.1) is 11.1 Å². The molecule has 1 aromatic heterocycles. The van der Waals surface area contributed by atoms with Crippen molar-refractivity contribution < 1.29 is 18.9 Å². The molecule has 118 valence electrons. The molecule has 3 N–H and O–H groups in total. The van der Waals surface area contributed by atoms with Crippen molar-refractivity contribution in [3.05, 3.63) is 46.8 Å². The molecule has 0 fully saturated rings. The van der Waals surface area contributed by atoms with E-state index in [0.29, 0.717) is 33.0 Å². The highest BCUT2D eigenvalue weighted by Crippen LogP contribution is 2.34. The Hall–Kier alpha value is -2.67. The van der Waals surface area contributed by atoms with Crippen LogP contribution in [0.4, 0.5) is 5.69 Å². The summed E-state index contributed by atoms with van der Waals surface area (Å²) in [4.78, 5) is 26.8. The fourth-order valence-corrected chi connectivity index (χ4v) is 3.06. The van der Waals surface area contributed by atoms with Gasteiger partial charge in [-0.2, -0.15) is 0 Å². The van der Waals surface area contributed by atoms with Crippen LogP contribution in [0.2, 0.25) is 0 Å². The van der Waals surface area contributed by atoms with E-state index in [9.17, 15) is 13.8 Å². The highest BCUT2D eigenvalue weighted by Gasteiger charge is 2.25. The lowest BCUT2D eigenvalue weighted by atomic mass is 10.0. The number of aromatic nitrogens is 1. The zero-order valence-corrected chi connectivity index (χ0v) is 13.3. The molecule has 1 aromatic carbocycles. The molecule has 6 nitrogen and oxygen atoms in total. The van der Waals surface area contributed by atoms with Gasteiger partial charge in [-0.25, -0.2) is 4.79 Å². The van der Waals surface area contributed by atoms with Gasteiger partial charge in [-0.3, -0.25) is 9.00 Å². The molecule has 2 heterocycles. The van der Waals surface area contributed by atoms with Gasteiger partial charge in [0, 0.05) is 45.1 Å². The van der Waals surface area contributed by atoms with E-state index in [2.05, 4.69) is 10.3 Å². The molecule has 0 aliphatic carbocycles. The summed E-state index contributed by atoms with van der Waals surface area (Å²) in [6.45, 7) is 1.68. The number of anilines is 1. The molecule has 23 heavy (non-hydrogen) atoms. The Balaban J connectivity index is 2.11. The van der Waals surface area contributed by atoms with Crippen LogP contribution in [-0.2, 0) is 15.6 Å². The molecule has 1 aliphatic rings. The number of carboxylic acid groups (broad SMARTS) is 1. The van der Waals surface area contributed by atoms with E-state index < -0.39 is 16.8 Å². The van der Waals surface area contributed by atoms with Crippen molar-refractivity contribution in [2.45, 2.75) is 11.8 Å². The van der Waals surface area contributed by atoms with Gasteiger partial charge in [0.2, 0.25) is 0 Å². The summed E-state index contributed by atoms with van der Waals surface area (Å²) in [6, 6.07) is 5.14. The SMILES string of the molecule is Cc1c(C(=O)O)c[nH]c1/C=C1\C(=O)Nc2ccc(S(C)=O)cc21. The number of rotatable bonds is 3. The first-order valence-corrected chi connectivity index (χ1v) is 8.36. The van der Waals surface area contributed by atoms with E-state index in [0.717, 1.165) is 0 Å². The predicted molar refractivity (Wildman–Crippen MR) is 87.8 cm³/mol. The van der Waals surface area contributed by atoms with Gasteiger partial charge in [-0.1, -0.05) is 0 Å². The second-order valence-corrected chi connectivity index (χ2v) is 6.60. The average molecular weight is 330 g/mol. The Bertz CT molecular complexity index is 895. The van der Waals surface area contributed by atoms with Crippen molar-refractivity contribution in [3.8, 4) is 0 Å². The number of H-pyrrole nitrogens is 1. The van der Waals surface area contributed by atoms with Crippen LogP contribution < -0.4 is 5.32 Å². The van der Waals surface area contributed by atoms with Crippen LogP contribution in [0.3, 0.4) is 0 Å². The monoisotopic (exact) mass is 330 g/mol. The number of hydrogen-bond acceptors (Lipinski definition) is 3. The maximum Gasteiger partial charge on any atom is 0.337 e. The number of carbonyl (C=O) groups is 2. The fourth-order valence-electron chi connectivity index (χ4n) is 2.52. The number of aromatic amines is 1. The van der Waals surface area contributed by atoms with Gasteiger partial charge in [0.25, 0.3) is 5.91 Å². The van der Waals surface area contributed by atoms with Crippen LogP contribution in [0.5, 0.6) is 0 Å². The molecule has 0 saturated heterocycles. The smallest absolute Gasteiger partial charge is 0.337 e. The van der Waals surface area contributed by atoms with Crippen molar-refractivity contribution in [1.29, 1.82) is 0 Å². The number of carbonyl (C=O) groups excluding carboxylic acids is 1.